The zero-order valence-electron chi connectivity index (χ0n) is 11.0. The number of nitrogens with zero attached hydrogens (tertiary/aromatic N) is 1. The number of hydrogen-bond donors (Lipinski definition) is 2. The second-order valence-corrected chi connectivity index (χ2v) is 4.73. The van der Waals surface area contributed by atoms with Gasteiger partial charge in [0.15, 0.2) is 0 Å². The van der Waals surface area contributed by atoms with Crippen LogP contribution in [0, 0.1) is 0 Å². The lowest BCUT2D eigenvalue weighted by Crippen LogP contribution is -2.36. The Morgan fingerprint density at radius 2 is 1.94 bits per heavy atom. The van der Waals surface area contributed by atoms with E-state index in [1.807, 2.05) is 0 Å². The van der Waals surface area contributed by atoms with Crippen LogP contribution in [0.5, 0.6) is 0 Å². The molecular weight excluding hydrogens is 252 g/mol. The van der Waals surface area contributed by atoms with Crippen molar-refractivity contribution in [2.75, 3.05) is 5.32 Å². The number of pyridine rings is 1. The van der Waals surface area contributed by atoms with Crippen molar-refractivity contribution in [1.82, 2.24) is 4.98 Å². The maximum atomic E-state index is 11.0. The summed E-state index contributed by atoms with van der Waals surface area (Å²) in [6.07, 6.45) is 4.23. The van der Waals surface area contributed by atoms with Crippen LogP contribution in [0.2, 0.25) is 5.02 Å². The highest BCUT2D eigenvalue weighted by atomic mass is 35.5. The van der Waals surface area contributed by atoms with Crippen LogP contribution < -0.4 is 5.32 Å². The molecule has 18 heavy (non-hydrogen) atoms. The summed E-state index contributed by atoms with van der Waals surface area (Å²) in [6.45, 7) is 6.32. The first kappa shape index (κ1) is 14.8. The second-order valence-electron chi connectivity index (χ2n) is 4.32. The van der Waals surface area contributed by atoms with E-state index in [4.69, 9.17) is 16.7 Å². The molecule has 5 heteroatoms. The van der Waals surface area contributed by atoms with E-state index in [2.05, 4.69) is 31.1 Å². The van der Waals surface area contributed by atoms with Gasteiger partial charge in [-0.3, -0.25) is 0 Å². The monoisotopic (exact) mass is 270 g/mol. The number of aromatic nitrogens is 1. The standard InChI is InChI=1S/C13H19ClN2O2/c1-4-13(5-2,6-3)16-11-7-9(12(17)18)10(14)8-15-11/h7-8H,4-6H2,1-3H3,(H,15,16)(H,17,18). The first-order chi connectivity index (χ1) is 8.48. The molecule has 1 aromatic rings. The number of hydrogen-bond acceptors (Lipinski definition) is 3. The normalized spacial score (nSPS) is 11.3. The van der Waals surface area contributed by atoms with Crippen LogP contribution in [-0.2, 0) is 0 Å². The number of anilines is 1. The molecule has 0 saturated carbocycles. The molecule has 0 amide bonds. The highest BCUT2D eigenvalue weighted by molar-refractivity contribution is 6.33. The van der Waals surface area contributed by atoms with Crippen molar-refractivity contribution in [2.24, 2.45) is 0 Å². The maximum absolute atomic E-state index is 11.0. The smallest absolute Gasteiger partial charge is 0.337 e. The number of aromatic carboxylic acids is 1. The molecule has 0 atom stereocenters. The Morgan fingerprint density at radius 1 is 1.39 bits per heavy atom. The van der Waals surface area contributed by atoms with Gasteiger partial charge in [-0.25, -0.2) is 9.78 Å². The molecule has 2 N–H and O–H groups in total. The molecule has 0 unspecified atom stereocenters. The van der Waals surface area contributed by atoms with Gasteiger partial charge in [0, 0.05) is 11.7 Å². The van der Waals surface area contributed by atoms with Crippen LogP contribution in [0.1, 0.15) is 50.4 Å². The summed E-state index contributed by atoms with van der Waals surface area (Å²) in [5.41, 5.74) is 0.0303. The molecule has 1 heterocycles. The first-order valence-corrected chi connectivity index (χ1v) is 6.52. The van der Waals surface area contributed by atoms with Crippen molar-refractivity contribution in [3.8, 4) is 0 Å². The third-order valence-electron chi connectivity index (χ3n) is 3.51. The van der Waals surface area contributed by atoms with Gasteiger partial charge in [-0.2, -0.15) is 0 Å². The Bertz CT molecular complexity index is 423. The highest BCUT2D eigenvalue weighted by Gasteiger charge is 2.24. The minimum Gasteiger partial charge on any atom is -0.478 e. The molecule has 0 saturated heterocycles. The van der Waals surface area contributed by atoms with Crippen LogP contribution in [0.25, 0.3) is 0 Å². The molecule has 0 aliphatic heterocycles. The first-order valence-electron chi connectivity index (χ1n) is 6.15. The molecule has 0 fully saturated rings. The van der Waals surface area contributed by atoms with E-state index in [9.17, 15) is 4.79 Å². The molecule has 4 nitrogen and oxygen atoms in total. The summed E-state index contributed by atoms with van der Waals surface area (Å²) in [5, 5.41) is 12.5. The molecule has 100 valence electrons. The number of carboxylic acid groups (broad SMARTS) is 1. The second kappa shape index (κ2) is 6.05. The number of nitrogens with one attached hydrogen (secondary N) is 1. The molecule has 0 aliphatic carbocycles. The third kappa shape index (κ3) is 3.13. The van der Waals surface area contributed by atoms with Crippen molar-refractivity contribution in [3.05, 3.63) is 22.8 Å². The lowest BCUT2D eigenvalue weighted by atomic mass is 9.90. The van der Waals surface area contributed by atoms with Gasteiger partial charge in [0.1, 0.15) is 5.82 Å². The Hall–Kier alpha value is -1.29. The summed E-state index contributed by atoms with van der Waals surface area (Å²) < 4.78 is 0. The van der Waals surface area contributed by atoms with E-state index in [0.29, 0.717) is 5.82 Å². The largest absolute Gasteiger partial charge is 0.478 e. The van der Waals surface area contributed by atoms with E-state index < -0.39 is 5.97 Å². The van der Waals surface area contributed by atoms with Gasteiger partial charge in [0.2, 0.25) is 0 Å². The maximum Gasteiger partial charge on any atom is 0.337 e. The third-order valence-corrected chi connectivity index (χ3v) is 3.81. The van der Waals surface area contributed by atoms with Crippen molar-refractivity contribution in [1.29, 1.82) is 0 Å². The van der Waals surface area contributed by atoms with Gasteiger partial charge in [-0.1, -0.05) is 32.4 Å². The fourth-order valence-corrected chi connectivity index (χ4v) is 2.14. The quantitative estimate of drug-likeness (QED) is 0.825. The molecule has 0 spiro atoms. The fourth-order valence-electron chi connectivity index (χ4n) is 1.96. The summed E-state index contributed by atoms with van der Waals surface area (Å²) >= 11 is 5.79. The predicted octanol–water partition coefficient (Wildman–Crippen LogP) is 3.81. The number of carbonyl (C=O) groups is 1. The predicted molar refractivity (Wildman–Crippen MR) is 73.4 cm³/mol. The molecule has 1 aromatic heterocycles. The zero-order valence-corrected chi connectivity index (χ0v) is 11.7. The van der Waals surface area contributed by atoms with Gasteiger partial charge >= 0.3 is 5.97 Å². The van der Waals surface area contributed by atoms with Crippen molar-refractivity contribution < 1.29 is 9.90 Å². The molecule has 1 rings (SSSR count). The van der Waals surface area contributed by atoms with Gasteiger partial charge in [0.05, 0.1) is 10.6 Å². The lowest BCUT2D eigenvalue weighted by molar-refractivity contribution is 0.0697. The topological polar surface area (TPSA) is 62.2 Å². The van der Waals surface area contributed by atoms with Crippen LogP contribution in [0.4, 0.5) is 5.82 Å². The number of carboxylic acids is 1. The van der Waals surface area contributed by atoms with Crippen LogP contribution in [0.15, 0.2) is 12.3 Å². The van der Waals surface area contributed by atoms with Crippen LogP contribution in [-0.4, -0.2) is 21.6 Å². The Kier molecular flexibility index (Phi) is 4.96. The highest BCUT2D eigenvalue weighted by Crippen LogP contribution is 2.26. The van der Waals surface area contributed by atoms with Gasteiger partial charge < -0.3 is 10.4 Å². The van der Waals surface area contributed by atoms with Crippen LogP contribution in [0.3, 0.4) is 0 Å². The van der Waals surface area contributed by atoms with Crippen LogP contribution >= 0.6 is 11.6 Å². The van der Waals surface area contributed by atoms with E-state index in [0.717, 1.165) is 19.3 Å². The lowest BCUT2D eigenvalue weighted by Gasteiger charge is -2.32. The minimum absolute atomic E-state index is 0.0450. The van der Waals surface area contributed by atoms with Crippen molar-refractivity contribution >= 4 is 23.4 Å². The average Bonchev–Trinajstić information content (AvgIpc) is 2.38. The van der Waals surface area contributed by atoms with E-state index in [1.165, 1.54) is 12.3 Å². The van der Waals surface area contributed by atoms with Crippen molar-refractivity contribution in [3.63, 3.8) is 0 Å². The summed E-state index contributed by atoms with van der Waals surface area (Å²) in [5.74, 6) is -0.483. The van der Waals surface area contributed by atoms with Gasteiger partial charge in [-0.05, 0) is 25.3 Å². The molecule has 0 radical (unpaired) electrons. The van der Waals surface area contributed by atoms with E-state index >= 15 is 0 Å². The van der Waals surface area contributed by atoms with E-state index in [-0.39, 0.29) is 16.1 Å². The molecule has 0 bridgehead atoms. The average molecular weight is 271 g/mol. The van der Waals surface area contributed by atoms with Gasteiger partial charge in [-0.15, -0.1) is 0 Å². The summed E-state index contributed by atoms with van der Waals surface area (Å²) in [4.78, 5) is 15.2. The molecular formula is C13H19ClN2O2. The fraction of sp³-hybridized carbons (Fsp3) is 0.538. The molecule has 0 aliphatic rings. The van der Waals surface area contributed by atoms with Gasteiger partial charge in [0.25, 0.3) is 0 Å². The SMILES string of the molecule is CCC(CC)(CC)Nc1cc(C(=O)O)c(Cl)cn1. The number of rotatable bonds is 6. The zero-order chi connectivity index (χ0) is 13.8. The Labute approximate surface area is 112 Å². The Balaban J connectivity index is 3.04. The Morgan fingerprint density at radius 3 is 2.39 bits per heavy atom. The number of halogens is 1. The minimum atomic E-state index is -1.04. The van der Waals surface area contributed by atoms with E-state index in [1.54, 1.807) is 0 Å². The molecule has 0 aromatic carbocycles. The van der Waals surface area contributed by atoms with Crippen molar-refractivity contribution in [2.45, 2.75) is 45.6 Å². The summed E-state index contributed by atoms with van der Waals surface area (Å²) in [7, 11) is 0. The summed E-state index contributed by atoms with van der Waals surface area (Å²) in [6, 6.07) is 1.49.